The number of likely N-dealkylation sites (tertiary alicyclic amines) is 1. The first kappa shape index (κ1) is 17.5. The van der Waals surface area contributed by atoms with Crippen molar-refractivity contribution in [2.45, 2.75) is 12.8 Å². The molecule has 0 bridgehead atoms. The maximum Gasteiger partial charge on any atom is 0.260 e. The molecule has 0 aliphatic carbocycles. The van der Waals surface area contributed by atoms with Crippen molar-refractivity contribution in [3.8, 4) is 5.75 Å². The molecule has 1 unspecified atom stereocenters. The number of hydrogen-bond donors (Lipinski definition) is 0. The Kier molecular flexibility index (Phi) is 6.35. The Morgan fingerprint density at radius 3 is 2.71 bits per heavy atom. The van der Waals surface area contributed by atoms with E-state index in [0.717, 1.165) is 52.4 Å². The molecule has 2 aliphatic heterocycles. The highest BCUT2D eigenvalue weighted by Crippen LogP contribution is 2.19. The van der Waals surface area contributed by atoms with Crippen molar-refractivity contribution >= 4 is 17.5 Å². The first-order valence-corrected chi connectivity index (χ1v) is 9.05. The zero-order valence-electron chi connectivity index (χ0n) is 14.0. The highest BCUT2D eigenvalue weighted by molar-refractivity contribution is 6.30. The molecule has 0 saturated carbocycles. The zero-order valence-corrected chi connectivity index (χ0v) is 14.7. The minimum absolute atomic E-state index is 0.0663. The lowest BCUT2D eigenvalue weighted by molar-refractivity contribution is -0.135. The molecule has 2 aliphatic rings. The van der Waals surface area contributed by atoms with E-state index < -0.39 is 0 Å². The number of amides is 1. The molecule has 1 aromatic rings. The van der Waals surface area contributed by atoms with Crippen LogP contribution in [0.2, 0.25) is 5.02 Å². The van der Waals surface area contributed by atoms with E-state index in [2.05, 4.69) is 4.90 Å². The predicted molar refractivity (Wildman–Crippen MR) is 93.5 cm³/mol. The predicted octanol–water partition coefficient (Wildman–Crippen LogP) is 2.29. The molecule has 0 N–H and O–H groups in total. The Morgan fingerprint density at radius 2 is 1.96 bits per heavy atom. The summed E-state index contributed by atoms with van der Waals surface area (Å²) in [6, 6.07) is 7.10. The highest BCUT2D eigenvalue weighted by Gasteiger charge is 2.26. The number of morpholine rings is 1. The molecular formula is C18H25ClN2O3. The second kappa shape index (κ2) is 8.70. The highest BCUT2D eigenvalue weighted by atomic mass is 35.5. The van der Waals surface area contributed by atoms with Crippen LogP contribution < -0.4 is 4.74 Å². The lowest BCUT2D eigenvalue weighted by Crippen LogP contribution is -2.47. The number of halogens is 1. The van der Waals surface area contributed by atoms with Gasteiger partial charge in [-0.15, -0.1) is 0 Å². The molecule has 2 heterocycles. The summed E-state index contributed by atoms with van der Waals surface area (Å²) in [5.41, 5.74) is 0. The van der Waals surface area contributed by atoms with Gasteiger partial charge in [-0.2, -0.15) is 0 Å². The standard InChI is InChI=1S/C18H25ClN2O3/c19-16-3-5-17(6-4-16)24-14-18(22)21-7-1-2-15(13-21)12-20-8-10-23-11-9-20/h3-6,15H,1-2,7-14H2. The molecule has 6 heteroatoms. The van der Waals surface area contributed by atoms with Crippen LogP contribution in [0.5, 0.6) is 5.75 Å². The summed E-state index contributed by atoms with van der Waals surface area (Å²) in [6.45, 7) is 6.47. The van der Waals surface area contributed by atoms with E-state index in [1.807, 2.05) is 4.90 Å². The largest absolute Gasteiger partial charge is 0.484 e. The van der Waals surface area contributed by atoms with Crippen molar-refractivity contribution in [2.24, 2.45) is 5.92 Å². The summed E-state index contributed by atoms with van der Waals surface area (Å²) in [4.78, 5) is 16.8. The van der Waals surface area contributed by atoms with Crippen molar-refractivity contribution in [1.82, 2.24) is 9.80 Å². The van der Waals surface area contributed by atoms with Crippen molar-refractivity contribution in [3.05, 3.63) is 29.3 Å². The lowest BCUT2D eigenvalue weighted by Gasteiger charge is -2.36. The molecule has 1 aromatic carbocycles. The minimum atomic E-state index is 0.0663. The maximum absolute atomic E-state index is 12.4. The van der Waals surface area contributed by atoms with Crippen LogP contribution in [0.15, 0.2) is 24.3 Å². The molecule has 0 spiro atoms. The van der Waals surface area contributed by atoms with Gasteiger partial charge >= 0.3 is 0 Å². The Bertz CT molecular complexity index is 532. The minimum Gasteiger partial charge on any atom is -0.484 e. The first-order valence-electron chi connectivity index (χ1n) is 8.67. The quantitative estimate of drug-likeness (QED) is 0.815. The fourth-order valence-electron chi connectivity index (χ4n) is 3.36. The zero-order chi connectivity index (χ0) is 16.8. The van der Waals surface area contributed by atoms with Crippen LogP contribution in [-0.4, -0.2) is 68.3 Å². The van der Waals surface area contributed by atoms with Gasteiger partial charge in [0.05, 0.1) is 13.2 Å². The molecule has 5 nitrogen and oxygen atoms in total. The summed E-state index contributed by atoms with van der Waals surface area (Å²) in [5.74, 6) is 1.29. The van der Waals surface area contributed by atoms with Gasteiger partial charge in [0.15, 0.2) is 6.61 Å². The molecule has 2 fully saturated rings. The van der Waals surface area contributed by atoms with E-state index in [1.54, 1.807) is 24.3 Å². The number of benzene rings is 1. The van der Waals surface area contributed by atoms with Gasteiger partial charge in [0.1, 0.15) is 5.75 Å². The van der Waals surface area contributed by atoms with Gasteiger partial charge in [0.2, 0.25) is 0 Å². The van der Waals surface area contributed by atoms with Gasteiger partial charge in [-0.25, -0.2) is 0 Å². The number of carbonyl (C=O) groups excluding carboxylic acids is 1. The van der Waals surface area contributed by atoms with E-state index in [9.17, 15) is 4.79 Å². The van der Waals surface area contributed by atoms with Crippen molar-refractivity contribution < 1.29 is 14.3 Å². The molecule has 1 atom stereocenters. The number of hydrogen-bond acceptors (Lipinski definition) is 4. The summed E-state index contributed by atoms with van der Waals surface area (Å²) in [6.07, 6.45) is 2.26. The molecule has 0 aromatic heterocycles. The Labute approximate surface area is 148 Å². The van der Waals surface area contributed by atoms with Crippen molar-refractivity contribution in [3.63, 3.8) is 0 Å². The van der Waals surface area contributed by atoms with Crippen LogP contribution in [0.1, 0.15) is 12.8 Å². The molecular weight excluding hydrogens is 328 g/mol. The van der Waals surface area contributed by atoms with Crippen LogP contribution in [0.4, 0.5) is 0 Å². The van der Waals surface area contributed by atoms with E-state index in [4.69, 9.17) is 21.1 Å². The smallest absolute Gasteiger partial charge is 0.260 e. The number of rotatable bonds is 5. The van der Waals surface area contributed by atoms with Crippen LogP contribution >= 0.6 is 11.6 Å². The number of carbonyl (C=O) groups is 1. The number of ether oxygens (including phenoxy) is 2. The summed E-state index contributed by atoms with van der Waals surface area (Å²) >= 11 is 5.85. The van der Waals surface area contributed by atoms with Gasteiger partial charge in [-0.3, -0.25) is 9.69 Å². The molecule has 3 rings (SSSR count). The van der Waals surface area contributed by atoms with Gasteiger partial charge in [0, 0.05) is 37.7 Å². The summed E-state index contributed by atoms with van der Waals surface area (Å²) < 4.78 is 11.0. The SMILES string of the molecule is O=C(COc1ccc(Cl)cc1)N1CCCC(CN2CCOCC2)C1. The monoisotopic (exact) mass is 352 g/mol. The summed E-state index contributed by atoms with van der Waals surface area (Å²) in [7, 11) is 0. The van der Waals surface area contributed by atoms with E-state index in [-0.39, 0.29) is 12.5 Å². The van der Waals surface area contributed by atoms with Gasteiger partial charge in [-0.05, 0) is 43.0 Å². The Morgan fingerprint density at radius 1 is 1.21 bits per heavy atom. The number of nitrogens with zero attached hydrogens (tertiary/aromatic N) is 2. The average Bonchev–Trinajstić information content (AvgIpc) is 2.62. The summed E-state index contributed by atoms with van der Waals surface area (Å²) in [5, 5.41) is 0.663. The average molecular weight is 353 g/mol. The van der Waals surface area contributed by atoms with E-state index >= 15 is 0 Å². The van der Waals surface area contributed by atoms with Crippen LogP contribution in [0.3, 0.4) is 0 Å². The van der Waals surface area contributed by atoms with Crippen LogP contribution in [0.25, 0.3) is 0 Å². The fraction of sp³-hybridized carbons (Fsp3) is 0.611. The van der Waals surface area contributed by atoms with Gasteiger partial charge in [-0.1, -0.05) is 11.6 Å². The van der Waals surface area contributed by atoms with E-state index in [0.29, 0.717) is 16.7 Å². The second-order valence-corrected chi connectivity index (χ2v) is 6.94. The second-order valence-electron chi connectivity index (χ2n) is 6.50. The van der Waals surface area contributed by atoms with Crippen molar-refractivity contribution in [1.29, 1.82) is 0 Å². The molecule has 24 heavy (non-hydrogen) atoms. The Balaban J connectivity index is 1.44. The van der Waals surface area contributed by atoms with Gasteiger partial charge < -0.3 is 14.4 Å². The van der Waals surface area contributed by atoms with E-state index in [1.165, 1.54) is 6.42 Å². The molecule has 1 amide bonds. The number of piperidine rings is 1. The fourth-order valence-corrected chi connectivity index (χ4v) is 3.48. The molecule has 132 valence electrons. The molecule has 2 saturated heterocycles. The Hall–Kier alpha value is -1.30. The third-order valence-corrected chi connectivity index (χ3v) is 4.92. The normalized spacial score (nSPS) is 22.4. The molecule has 0 radical (unpaired) electrons. The lowest BCUT2D eigenvalue weighted by atomic mass is 9.97. The van der Waals surface area contributed by atoms with Crippen LogP contribution in [-0.2, 0) is 9.53 Å². The topological polar surface area (TPSA) is 42.0 Å². The van der Waals surface area contributed by atoms with Crippen LogP contribution in [0, 0.1) is 5.92 Å². The third-order valence-electron chi connectivity index (χ3n) is 4.67. The van der Waals surface area contributed by atoms with Crippen molar-refractivity contribution in [2.75, 3.05) is 52.5 Å². The third kappa shape index (κ3) is 5.10. The maximum atomic E-state index is 12.4. The van der Waals surface area contributed by atoms with Gasteiger partial charge in [0.25, 0.3) is 5.91 Å². The first-order chi connectivity index (χ1) is 11.7.